The lowest BCUT2D eigenvalue weighted by Gasteiger charge is -2.29. The summed E-state index contributed by atoms with van der Waals surface area (Å²) in [6.45, 7) is 2.55. The zero-order valence-corrected chi connectivity index (χ0v) is 19.4. The third kappa shape index (κ3) is 7.27. The van der Waals surface area contributed by atoms with E-state index < -0.39 is 0 Å². The molecule has 3 rings (SSSR count). The third-order valence-corrected chi connectivity index (χ3v) is 6.27. The molecular formula is C27H38N2O3. The maximum atomic E-state index is 13.4. The van der Waals surface area contributed by atoms with Crippen molar-refractivity contribution in [2.75, 3.05) is 26.7 Å². The first-order valence-corrected chi connectivity index (χ1v) is 12.1. The van der Waals surface area contributed by atoms with Gasteiger partial charge in [0.15, 0.2) is 11.5 Å². The Morgan fingerprint density at radius 2 is 1.72 bits per heavy atom. The number of hydrogen-bond acceptors (Lipinski definition) is 4. The van der Waals surface area contributed by atoms with Crippen LogP contribution in [-0.2, 0) is 6.61 Å². The van der Waals surface area contributed by atoms with E-state index in [0.717, 1.165) is 18.5 Å². The highest BCUT2D eigenvalue weighted by molar-refractivity contribution is 5.95. The largest absolute Gasteiger partial charge is 0.493 e. The van der Waals surface area contributed by atoms with Crippen LogP contribution < -0.4 is 15.2 Å². The normalized spacial score (nSPS) is 14.9. The van der Waals surface area contributed by atoms with Crippen molar-refractivity contribution in [1.29, 1.82) is 0 Å². The van der Waals surface area contributed by atoms with Gasteiger partial charge in [-0.15, -0.1) is 0 Å². The molecule has 2 aromatic carbocycles. The van der Waals surface area contributed by atoms with Gasteiger partial charge in [-0.25, -0.2) is 0 Å². The van der Waals surface area contributed by atoms with Crippen molar-refractivity contribution in [1.82, 2.24) is 4.90 Å². The van der Waals surface area contributed by atoms with Gasteiger partial charge in [-0.2, -0.15) is 0 Å². The second-order valence-electron chi connectivity index (χ2n) is 8.74. The molecule has 1 aliphatic rings. The van der Waals surface area contributed by atoms with Crippen LogP contribution >= 0.6 is 0 Å². The smallest absolute Gasteiger partial charge is 0.254 e. The highest BCUT2D eigenvalue weighted by atomic mass is 16.5. The average molecular weight is 439 g/mol. The van der Waals surface area contributed by atoms with Crippen molar-refractivity contribution < 1.29 is 14.3 Å². The zero-order chi connectivity index (χ0) is 22.6. The Morgan fingerprint density at radius 3 is 2.41 bits per heavy atom. The Hall–Kier alpha value is -2.53. The molecule has 2 N–H and O–H groups in total. The second-order valence-corrected chi connectivity index (χ2v) is 8.74. The van der Waals surface area contributed by atoms with Crippen LogP contribution in [0.25, 0.3) is 0 Å². The monoisotopic (exact) mass is 438 g/mol. The van der Waals surface area contributed by atoms with Gasteiger partial charge in [0.25, 0.3) is 5.91 Å². The summed E-state index contributed by atoms with van der Waals surface area (Å²) in [5.74, 6) is 1.85. The Balaban J connectivity index is 1.70. The standard InChI is InChI=1S/C27H38N2O3/c1-31-26-19-24(15-16-25(26)32-21-23-13-8-5-9-14-23)27(30)29(18-10-17-28)20-22-11-6-3-2-4-7-12-22/h5,8-9,13-16,19,22H,2-4,6-7,10-12,17-18,20-21,28H2,1H3. The molecule has 0 bridgehead atoms. The van der Waals surface area contributed by atoms with Gasteiger partial charge in [0.2, 0.25) is 0 Å². The van der Waals surface area contributed by atoms with Gasteiger partial charge < -0.3 is 20.1 Å². The molecule has 0 unspecified atom stereocenters. The number of rotatable bonds is 10. The van der Waals surface area contributed by atoms with Crippen LogP contribution in [0, 0.1) is 5.92 Å². The molecule has 32 heavy (non-hydrogen) atoms. The molecule has 0 aromatic heterocycles. The molecule has 5 heteroatoms. The molecule has 0 aliphatic heterocycles. The van der Waals surface area contributed by atoms with Crippen molar-refractivity contribution in [3.8, 4) is 11.5 Å². The van der Waals surface area contributed by atoms with Crippen molar-refractivity contribution in [2.24, 2.45) is 11.7 Å². The average Bonchev–Trinajstić information content (AvgIpc) is 2.81. The number of hydrogen-bond donors (Lipinski definition) is 1. The molecular weight excluding hydrogens is 400 g/mol. The number of carbonyl (C=O) groups excluding carboxylic acids is 1. The number of benzene rings is 2. The molecule has 1 aliphatic carbocycles. The van der Waals surface area contributed by atoms with Crippen molar-refractivity contribution >= 4 is 5.91 Å². The fraction of sp³-hybridized carbons (Fsp3) is 0.519. The summed E-state index contributed by atoms with van der Waals surface area (Å²) in [6, 6.07) is 15.5. The van der Waals surface area contributed by atoms with Gasteiger partial charge in [-0.1, -0.05) is 62.4 Å². The Morgan fingerprint density at radius 1 is 1.00 bits per heavy atom. The molecule has 1 saturated carbocycles. The maximum absolute atomic E-state index is 13.4. The number of nitrogens with zero attached hydrogens (tertiary/aromatic N) is 1. The van der Waals surface area contributed by atoms with E-state index in [1.807, 2.05) is 47.4 Å². The number of nitrogens with two attached hydrogens (primary N) is 1. The third-order valence-electron chi connectivity index (χ3n) is 6.27. The quantitative estimate of drug-likeness (QED) is 0.537. The predicted octanol–water partition coefficient (Wildman–Crippen LogP) is 5.43. The molecule has 0 heterocycles. The highest BCUT2D eigenvalue weighted by Crippen LogP contribution is 2.30. The summed E-state index contributed by atoms with van der Waals surface area (Å²) in [5, 5.41) is 0. The number of amides is 1. The summed E-state index contributed by atoms with van der Waals surface area (Å²) in [5.41, 5.74) is 7.49. The second kappa shape index (κ2) is 13.1. The number of methoxy groups -OCH3 is 1. The van der Waals surface area contributed by atoms with Crippen LogP contribution in [-0.4, -0.2) is 37.6 Å². The fourth-order valence-electron chi connectivity index (χ4n) is 4.43. The van der Waals surface area contributed by atoms with Crippen LogP contribution in [0.5, 0.6) is 11.5 Å². The lowest BCUT2D eigenvalue weighted by Crippen LogP contribution is -2.37. The van der Waals surface area contributed by atoms with Gasteiger partial charge in [-0.3, -0.25) is 4.79 Å². The van der Waals surface area contributed by atoms with Crippen LogP contribution in [0.15, 0.2) is 48.5 Å². The molecule has 0 spiro atoms. The fourth-order valence-corrected chi connectivity index (χ4v) is 4.43. The first-order valence-electron chi connectivity index (χ1n) is 12.1. The van der Waals surface area contributed by atoms with Gasteiger partial charge >= 0.3 is 0 Å². The molecule has 0 atom stereocenters. The Labute approximate surface area is 192 Å². The van der Waals surface area contributed by atoms with Gasteiger partial charge in [0.1, 0.15) is 6.61 Å². The lowest BCUT2D eigenvalue weighted by atomic mass is 9.90. The van der Waals surface area contributed by atoms with E-state index in [1.54, 1.807) is 13.2 Å². The molecule has 5 nitrogen and oxygen atoms in total. The first kappa shape index (κ1) is 24.1. The van der Waals surface area contributed by atoms with Gasteiger partial charge in [0.05, 0.1) is 7.11 Å². The Bertz CT molecular complexity index is 817. The SMILES string of the molecule is COc1cc(C(=O)N(CCCN)CC2CCCCCCC2)ccc1OCc1ccccc1. The van der Waals surface area contributed by atoms with E-state index in [9.17, 15) is 4.79 Å². The van der Waals surface area contributed by atoms with Gasteiger partial charge in [0, 0.05) is 18.7 Å². The zero-order valence-electron chi connectivity index (χ0n) is 19.4. The topological polar surface area (TPSA) is 64.8 Å². The molecule has 0 saturated heterocycles. The van der Waals surface area contributed by atoms with Crippen LogP contribution in [0.4, 0.5) is 0 Å². The summed E-state index contributed by atoms with van der Waals surface area (Å²) in [7, 11) is 1.61. The predicted molar refractivity (Wildman–Crippen MR) is 129 cm³/mol. The molecule has 174 valence electrons. The number of carbonyl (C=O) groups is 1. The maximum Gasteiger partial charge on any atom is 0.254 e. The van der Waals surface area contributed by atoms with E-state index in [0.29, 0.717) is 42.7 Å². The van der Waals surface area contributed by atoms with Crippen LogP contribution in [0.1, 0.15) is 67.3 Å². The van der Waals surface area contributed by atoms with Crippen molar-refractivity contribution in [3.05, 3.63) is 59.7 Å². The van der Waals surface area contributed by atoms with Crippen LogP contribution in [0.3, 0.4) is 0 Å². The van der Waals surface area contributed by atoms with E-state index in [2.05, 4.69) is 0 Å². The molecule has 1 fully saturated rings. The molecule has 0 radical (unpaired) electrons. The summed E-state index contributed by atoms with van der Waals surface area (Å²) in [6.07, 6.45) is 9.75. The van der Waals surface area contributed by atoms with Crippen LogP contribution in [0.2, 0.25) is 0 Å². The van der Waals surface area contributed by atoms with E-state index in [1.165, 1.54) is 44.9 Å². The van der Waals surface area contributed by atoms with E-state index in [4.69, 9.17) is 15.2 Å². The Kier molecular flexibility index (Phi) is 9.89. The number of ether oxygens (including phenoxy) is 2. The summed E-state index contributed by atoms with van der Waals surface area (Å²) >= 11 is 0. The van der Waals surface area contributed by atoms with E-state index in [-0.39, 0.29) is 5.91 Å². The molecule has 2 aromatic rings. The van der Waals surface area contributed by atoms with E-state index >= 15 is 0 Å². The van der Waals surface area contributed by atoms with Crippen molar-refractivity contribution in [3.63, 3.8) is 0 Å². The minimum absolute atomic E-state index is 0.0495. The minimum Gasteiger partial charge on any atom is -0.493 e. The minimum atomic E-state index is 0.0495. The first-order chi connectivity index (χ1) is 15.7. The summed E-state index contributed by atoms with van der Waals surface area (Å²) in [4.78, 5) is 15.4. The highest BCUT2D eigenvalue weighted by Gasteiger charge is 2.22. The molecule has 1 amide bonds. The lowest BCUT2D eigenvalue weighted by molar-refractivity contribution is 0.0716. The van der Waals surface area contributed by atoms with Gasteiger partial charge in [-0.05, 0) is 55.5 Å². The summed E-state index contributed by atoms with van der Waals surface area (Å²) < 4.78 is 11.5. The van der Waals surface area contributed by atoms with Crippen molar-refractivity contribution in [2.45, 2.75) is 58.0 Å².